The van der Waals surface area contributed by atoms with E-state index in [-0.39, 0.29) is 11.6 Å². The minimum Gasteiger partial charge on any atom is -0.298 e. The molecule has 0 aromatic heterocycles. The maximum absolute atomic E-state index is 12.3. The summed E-state index contributed by atoms with van der Waals surface area (Å²) in [5.74, 6) is 0.990. The fourth-order valence-corrected chi connectivity index (χ4v) is 9.66. The summed E-state index contributed by atoms with van der Waals surface area (Å²) in [6.07, 6.45) is 9.29. The zero-order valence-corrected chi connectivity index (χ0v) is 24.1. The molecule has 4 fully saturated rings. The highest BCUT2D eigenvalue weighted by Gasteiger charge is 2.55. The average molecular weight is 495 g/mol. The van der Waals surface area contributed by atoms with Gasteiger partial charge in [-0.05, 0) is 63.2 Å². The van der Waals surface area contributed by atoms with Crippen molar-refractivity contribution in [2.45, 2.75) is 103 Å². The Labute approximate surface area is 208 Å². The number of nitrogens with zero attached hydrogens (tertiary/aromatic N) is 2. The summed E-state index contributed by atoms with van der Waals surface area (Å²) in [6, 6.07) is 4.81. The Morgan fingerprint density at radius 3 is 1.32 bits per heavy atom. The number of fused-ring (bicyclic) bond motifs is 2. The van der Waals surface area contributed by atoms with Crippen LogP contribution in [-0.2, 0) is 9.59 Å². The van der Waals surface area contributed by atoms with Gasteiger partial charge in [-0.25, -0.2) is 0 Å². The molecule has 0 unspecified atom stereocenters. The molecule has 4 aliphatic rings. The topological polar surface area (TPSA) is 81.7 Å². The Hall–Kier alpha value is -1.77. The summed E-state index contributed by atoms with van der Waals surface area (Å²) in [6.45, 7) is 13.6. The zero-order valence-electron chi connectivity index (χ0n) is 22.1. The van der Waals surface area contributed by atoms with Crippen molar-refractivity contribution < 1.29 is 9.59 Å². The first kappa shape index (κ1) is 26.8. The van der Waals surface area contributed by atoms with Crippen LogP contribution < -0.4 is 0 Å². The smallest absolute Gasteiger partial charge is 0.157 e. The van der Waals surface area contributed by atoms with Crippen LogP contribution in [0.25, 0.3) is 0 Å². The van der Waals surface area contributed by atoms with Crippen LogP contribution in [0.4, 0.5) is 0 Å². The van der Waals surface area contributed by atoms with Gasteiger partial charge in [0.15, 0.2) is 11.6 Å². The number of carbonyl (C=O) groups excluding carboxylic acids is 2. The maximum Gasteiger partial charge on any atom is 0.157 e. The van der Waals surface area contributed by atoms with Crippen molar-refractivity contribution in [2.24, 2.45) is 22.7 Å². The number of nitriles is 2. The molecule has 0 amide bonds. The van der Waals surface area contributed by atoms with Gasteiger partial charge >= 0.3 is 0 Å². The van der Waals surface area contributed by atoms with E-state index in [1.54, 1.807) is 0 Å². The van der Waals surface area contributed by atoms with E-state index < -0.39 is 27.0 Å². The Morgan fingerprint density at radius 2 is 1.03 bits per heavy atom. The lowest BCUT2D eigenvalue weighted by molar-refractivity contribution is -0.128. The van der Waals surface area contributed by atoms with Gasteiger partial charge in [0.25, 0.3) is 0 Å². The van der Waals surface area contributed by atoms with E-state index in [1.165, 1.54) is 0 Å². The molecule has 0 saturated heterocycles. The van der Waals surface area contributed by atoms with Crippen molar-refractivity contribution in [3.05, 3.63) is 22.5 Å². The number of hydrogen-bond acceptors (Lipinski definition) is 4. The minimum absolute atomic E-state index is 0.193. The minimum atomic E-state index is -1.36. The van der Waals surface area contributed by atoms with Gasteiger partial charge in [-0.3, -0.25) is 9.59 Å². The number of rotatable bonds is 2. The van der Waals surface area contributed by atoms with Gasteiger partial charge in [0.05, 0.1) is 28.3 Å². The van der Waals surface area contributed by atoms with Crippen LogP contribution >= 0.6 is 0 Å². The first-order valence-corrected chi connectivity index (χ1v) is 20.3. The molecule has 0 aliphatic heterocycles. The second-order valence-electron chi connectivity index (χ2n) is 13.0. The normalized spacial score (nSPS) is 35.8. The fourth-order valence-electron chi connectivity index (χ4n) is 6.83. The van der Waals surface area contributed by atoms with E-state index in [4.69, 9.17) is 0 Å². The second kappa shape index (κ2) is 9.71. The number of Topliss-reactive ketones (excluding diaryl/α,β-unsaturated/α-hetero) is 2. The quantitative estimate of drug-likeness (QED) is 0.390. The Balaban J connectivity index is 0.000000191. The predicted molar refractivity (Wildman–Crippen MR) is 142 cm³/mol. The SMILES string of the molecule is C[Si](C)(C)/C=C1\CC[C@H]2CCCC(=O)[C@@]12C#N.C[Si](C)(C)/C=C1\CC[C@H]2CCCC(=O)[C@@]12C#N. The summed E-state index contributed by atoms with van der Waals surface area (Å²) in [5, 5.41) is 19.2. The third-order valence-corrected chi connectivity index (χ3v) is 10.6. The van der Waals surface area contributed by atoms with Crippen LogP contribution in [0, 0.1) is 45.3 Å². The maximum atomic E-state index is 12.3. The predicted octanol–water partition coefficient (Wildman–Crippen LogP) is 6.93. The monoisotopic (exact) mass is 494 g/mol. The van der Waals surface area contributed by atoms with Gasteiger partial charge in [-0.15, -0.1) is 0 Å². The molecular formula is C28H42N2O2Si2. The van der Waals surface area contributed by atoms with Gasteiger partial charge in [0, 0.05) is 12.8 Å². The van der Waals surface area contributed by atoms with Crippen molar-refractivity contribution >= 4 is 27.7 Å². The fraction of sp³-hybridized carbons (Fsp3) is 0.714. The van der Waals surface area contributed by atoms with E-state index in [0.717, 1.165) is 62.5 Å². The lowest BCUT2D eigenvalue weighted by Crippen LogP contribution is -2.39. The number of carbonyl (C=O) groups is 2. The molecule has 4 atom stereocenters. The van der Waals surface area contributed by atoms with E-state index in [2.05, 4.69) is 62.8 Å². The van der Waals surface area contributed by atoms with Crippen molar-refractivity contribution in [1.82, 2.24) is 0 Å². The molecule has 4 aliphatic carbocycles. The van der Waals surface area contributed by atoms with Crippen LogP contribution in [0.5, 0.6) is 0 Å². The van der Waals surface area contributed by atoms with E-state index >= 15 is 0 Å². The van der Waals surface area contributed by atoms with Crippen LogP contribution in [0.2, 0.25) is 39.3 Å². The molecule has 6 heteroatoms. The molecule has 4 nitrogen and oxygen atoms in total. The Morgan fingerprint density at radius 1 is 0.676 bits per heavy atom. The summed E-state index contributed by atoms with van der Waals surface area (Å²) >= 11 is 0. The largest absolute Gasteiger partial charge is 0.298 e. The van der Waals surface area contributed by atoms with Gasteiger partial charge in [0.1, 0.15) is 10.8 Å². The summed E-state index contributed by atoms with van der Waals surface area (Å²) in [7, 11) is -2.71. The highest BCUT2D eigenvalue weighted by atomic mass is 28.3. The first-order chi connectivity index (χ1) is 15.8. The van der Waals surface area contributed by atoms with Gasteiger partial charge in [-0.1, -0.05) is 61.8 Å². The molecule has 0 N–H and O–H groups in total. The molecule has 0 radical (unpaired) electrons. The molecule has 34 heavy (non-hydrogen) atoms. The average Bonchev–Trinajstić information content (AvgIpc) is 3.27. The highest BCUT2D eigenvalue weighted by molar-refractivity contribution is 6.81. The highest BCUT2D eigenvalue weighted by Crippen LogP contribution is 2.54. The Kier molecular flexibility index (Phi) is 7.66. The summed E-state index contributed by atoms with van der Waals surface area (Å²) < 4.78 is 0. The molecular weight excluding hydrogens is 452 g/mol. The summed E-state index contributed by atoms with van der Waals surface area (Å²) in [4.78, 5) is 24.6. The molecule has 184 valence electrons. The van der Waals surface area contributed by atoms with Gasteiger partial charge < -0.3 is 0 Å². The summed E-state index contributed by atoms with van der Waals surface area (Å²) in [5.41, 5.74) is 5.48. The number of ketones is 2. The molecule has 0 aromatic carbocycles. The first-order valence-electron chi connectivity index (χ1n) is 13.1. The Bertz CT molecular complexity index is 906. The lowest BCUT2D eigenvalue weighted by atomic mass is 9.67. The second-order valence-corrected chi connectivity index (χ2v) is 23.1. The van der Waals surface area contributed by atoms with E-state index in [9.17, 15) is 20.1 Å². The van der Waals surface area contributed by atoms with Crippen molar-refractivity contribution in [2.75, 3.05) is 0 Å². The van der Waals surface area contributed by atoms with Crippen LogP contribution in [-0.4, -0.2) is 27.7 Å². The zero-order chi connectivity index (χ0) is 25.4. The van der Waals surface area contributed by atoms with Crippen molar-refractivity contribution in [3.63, 3.8) is 0 Å². The third-order valence-electron chi connectivity index (χ3n) is 8.12. The molecule has 0 heterocycles. The van der Waals surface area contributed by atoms with E-state index in [1.807, 2.05) is 0 Å². The van der Waals surface area contributed by atoms with Gasteiger partial charge in [0.2, 0.25) is 0 Å². The standard InChI is InChI=1S/2C14H21NOSi/c2*1-17(2,3)9-12-8-7-11-5-4-6-13(16)14(11,12)10-15/h2*9,11H,4-8H2,1-3H3/b2*12-9+/t2*11-,14-/m11/s1. The van der Waals surface area contributed by atoms with E-state index in [0.29, 0.717) is 24.7 Å². The van der Waals surface area contributed by atoms with Crippen molar-refractivity contribution in [3.8, 4) is 12.1 Å². The van der Waals surface area contributed by atoms with Gasteiger partial charge in [-0.2, -0.15) is 10.5 Å². The number of hydrogen-bond donors (Lipinski definition) is 0. The molecule has 4 saturated carbocycles. The van der Waals surface area contributed by atoms with Crippen LogP contribution in [0.15, 0.2) is 22.5 Å². The third kappa shape index (κ3) is 4.95. The molecule has 0 bridgehead atoms. The van der Waals surface area contributed by atoms with Crippen LogP contribution in [0.1, 0.15) is 64.2 Å². The lowest BCUT2D eigenvalue weighted by Gasteiger charge is -2.33. The van der Waals surface area contributed by atoms with Crippen molar-refractivity contribution in [1.29, 1.82) is 10.5 Å². The number of allylic oxidation sites excluding steroid dienone is 2. The van der Waals surface area contributed by atoms with Crippen LogP contribution in [0.3, 0.4) is 0 Å². The molecule has 0 spiro atoms. The molecule has 0 aromatic rings. The molecule has 4 rings (SSSR count).